The van der Waals surface area contributed by atoms with Gasteiger partial charge in [0.2, 0.25) is 0 Å². The summed E-state index contributed by atoms with van der Waals surface area (Å²) in [4.78, 5) is 18.1. The molecule has 0 aliphatic heterocycles. The molecular formula is C15H12ClFN4O. The zero-order chi connectivity index (χ0) is 15.9. The summed E-state index contributed by atoms with van der Waals surface area (Å²) in [7, 11) is 1.60. The molecule has 0 aliphatic rings. The molecule has 0 fully saturated rings. The van der Waals surface area contributed by atoms with Crippen molar-refractivity contribution < 1.29 is 9.18 Å². The van der Waals surface area contributed by atoms with Gasteiger partial charge in [0.05, 0.1) is 10.6 Å². The van der Waals surface area contributed by atoms with Gasteiger partial charge in [0.1, 0.15) is 5.82 Å². The molecule has 22 heavy (non-hydrogen) atoms. The smallest absolute Gasteiger partial charge is 0.259 e. The summed E-state index contributed by atoms with van der Waals surface area (Å²) in [6, 6.07) is 5.85. The number of rotatable bonds is 2. The van der Waals surface area contributed by atoms with Crippen LogP contribution in [0.5, 0.6) is 0 Å². The molecule has 7 heteroatoms. The molecule has 2 aromatic heterocycles. The van der Waals surface area contributed by atoms with Crippen molar-refractivity contribution in [2.45, 2.75) is 6.92 Å². The van der Waals surface area contributed by atoms with E-state index in [9.17, 15) is 9.18 Å². The van der Waals surface area contributed by atoms with Crippen molar-refractivity contribution in [3.05, 3.63) is 52.6 Å². The first-order valence-electron chi connectivity index (χ1n) is 6.51. The number of hydrogen-bond donors (Lipinski definition) is 1. The Morgan fingerprint density at radius 2 is 2.14 bits per heavy atom. The number of fused-ring (bicyclic) bond motifs is 1. The van der Waals surface area contributed by atoms with Crippen LogP contribution in [-0.2, 0) is 0 Å². The molecule has 5 nitrogen and oxygen atoms in total. The Morgan fingerprint density at radius 1 is 1.36 bits per heavy atom. The van der Waals surface area contributed by atoms with Crippen LogP contribution in [0.1, 0.15) is 16.1 Å². The number of aromatic nitrogens is 3. The zero-order valence-corrected chi connectivity index (χ0v) is 12.6. The topological polar surface area (TPSA) is 61.9 Å². The van der Waals surface area contributed by atoms with Gasteiger partial charge < -0.3 is 4.90 Å². The third-order valence-corrected chi connectivity index (χ3v) is 3.73. The average Bonchev–Trinajstić information content (AvgIpc) is 2.89. The van der Waals surface area contributed by atoms with E-state index < -0.39 is 5.82 Å². The molecule has 0 radical (unpaired) electrons. The predicted octanol–water partition coefficient (Wildman–Crippen LogP) is 3.34. The number of anilines is 1. The van der Waals surface area contributed by atoms with E-state index in [2.05, 4.69) is 15.2 Å². The molecule has 1 N–H and O–H groups in total. The number of halogens is 2. The first kappa shape index (κ1) is 14.5. The lowest BCUT2D eigenvalue weighted by atomic mass is 10.2. The number of nitrogens with zero attached hydrogens (tertiary/aromatic N) is 3. The molecule has 3 aromatic rings. The van der Waals surface area contributed by atoms with Crippen LogP contribution in [0.3, 0.4) is 0 Å². The molecule has 0 bridgehead atoms. The minimum Gasteiger partial charge on any atom is -0.311 e. The third kappa shape index (κ3) is 2.42. The second-order valence-corrected chi connectivity index (χ2v) is 5.31. The minimum atomic E-state index is -0.525. The number of nitrogens with one attached hydrogen (secondary N) is 1. The van der Waals surface area contributed by atoms with Crippen LogP contribution in [0.4, 0.5) is 10.1 Å². The second-order valence-electron chi connectivity index (χ2n) is 4.91. The number of aromatic amines is 1. The van der Waals surface area contributed by atoms with Gasteiger partial charge in [0.25, 0.3) is 5.91 Å². The van der Waals surface area contributed by atoms with E-state index in [0.717, 1.165) is 11.1 Å². The molecule has 0 spiro atoms. The first-order valence-corrected chi connectivity index (χ1v) is 6.89. The van der Waals surface area contributed by atoms with Gasteiger partial charge in [-0.15, -0.1) is 0 Å². The minimum absolute atomic E-state index is 0.0311. The van der Waals surface area contributed by atoms with Gasteiger partial charge in [-0.05, 0) is 31.2 Å². The fraction of sp³-hybridized carbons (Fsp3) is 0.133. The quantitative estimate of drug-likeness (QED) is 0.788. The molecular weight excluding hydrogens is 307 g/mol. The largest absolute Gasteiger partial charge is 0.311 e. The van der Waals surface area contributed by atoms with Gasteiger partial charge >= 0.3 is 0 Å². The maximum atomic E-state index is 13.2. The number of amides is 1. The Morgan fingerprint density at radius 3 is 2.86 bits per heavy atom. The third-order valence-electron chi connectivity index (χ3n) is 3.44. The van der Waals surface area contributed by atoms with E-state index in [4.69, 9.17) is 11.6 Å². The van der Waals surface area contributed by atoms with Crippen LogP contribution in [-0.4, -0.2) is 28.1 Å². The average molecular weight is 319 g/mol. The Labute approximate surface area is 130 Å². The van der Waals surface area contributed by atoms with Crippen LogP contribution >= 0.6 is 11.6 Å². The van der Waals surface area contributed by atoms with Gasteiger partial charge in [-0.2, -0.15) is 5.10 Å². The van der Waals surface area contributed by atoms with Crippen molar-refractivity contribution in [2.24, 2.45) is 0 Å². The van der Waals surface area contributed by atoms with Crippen molar-refractivity contribution in [1.29, 1.82) is 0 Å². The molecule has 2 heterocycles. The fourth-order valence-corrected chi connectivity index (χ4v) is 2.32. The molecule has 112 valence electrons. The Kier molecular flexibility index (Phi) is 3.54. The Hall–Kier alpha value is -2.47. The Bertz CT molecular complexity index is 877. The molecule has 0 atom stereocenters. The normalized spacial score (nSPS) is 10.9. The number of hydrogen-bond acceptors (Lipinski definition) is 3. The van der Waals surface area contributed by atoms with Crippen molar-refractivity contribution in [3.63, 3.8) is 0 Å². The molecule has 1 aromatic carbocycles. The highest BCUT2D eigenvalue weighted by atomic mass is 35.5. The van der Waals surface area contributed by atoms with Crippen LogP contribution in [0.25, 0.3) is 11.0 Å². The highest BCUT2D eigenvalue weighted by Crippen LogP contribution is 2.23. The maximum Gasteiger partial charge on any atom is 0.259 e. The lowest BCUT2D eigenvalue weighted by Gasteiger charge is -2.17. The van der Waals surface area contributed by atoms with E-state index in [-0.39, 0.29) is 10.9 Å². The number of aryl methyl sites for hydroxylation is 1. The van der Waals surface area contributed by atoms with Gasteiger partial charge in [0.15, 0.2) is 5.65 Å². The number of pyridine rings is 1. The van der Waals surface area contributed by atoms with Crippen molar-refractivity contribution >= 4 is 34.2 Å². The van der Waals surface area contributed by atoms with Gasteiger partial charge in [-0.1, -0.05) is 11.6 Å². The summed E-state index contributed by atoms with van der Waals surface area (Å²) in [6.07, 6.45) is 1.46. The predicted molar refractivity (Wildman–Crippen MR) is 82.8 cm³/mol. The zero-order valence-electron chi connectivity index (χ0n) is 11.9. The van der Waals surface area contributed by atoms with Gasteiger partial charge in [0, 0.05) is 30.0 Å². The number of benzene rings is 1. The SMILES string of the molecule is Cc1[nH]nc2ncc(C(=O)N(C)c3ccc(F)c(Cl)c3)cc12. The lowest BCUT2D eigenvalue weighted by molar-refractivity contribution is 0.0993. The molecule has 0 aliphatic carbocycles. The van der Waals surface area contributed by atoms with Crippen molar-refractivity contribution in [1.82, 2.24) is 15.2 Å². The number of carbonyl (C=O) groups excluding carboxylic acids is 1. The van der Waals surface area contributed by atoms with E-state index in [1.54, 1.807) is 13.1 Å². The lowest BCUT2D eigenvalue weighted by Crippen LogP contribution is -2.26. The van der Waals surface area contributed by atoms with Crippen LogP contribution in [0.15, 0.2) is 30.5 Å². The summed E-state index contributed by atoms with van der Waals surface area (Å²) < 4.78 is 13.2. The van der Waals surface area contributed by atoms with Crippen molar-refractivity contribution in [3.8, 4) is 0 Å². The van der Waals surface area contributed by atoms with Crippen LogP contribution < -0.4 is 4.90 Å². The van der Waals surface area contributed by atoms with E-state index >= 15 is 0 Å². The first-order chi connectivity index (χ1) is 10.5. The summed E-state index contributed by atoms with van der Waals surface area (Å²) in [5.74, 6) is -0.791. The fourth-order valence-electron chi connectivity index (χ4n) is 2.14. The van der Waals surface area contributed by atoms with E-state index in [1.807, 2.05) is 6.92 Å². The monoisotopic (exact) mass is 318 g/mol. The van der Waals surface area contributed by atoms with E-state index in [0.29, 0.717) is 16.9 Å². The van der Waals surface area contributed by atoms with Gasteiger partial charge in [-0.3, -0.25) is 9.89 Å². The summed E-state index contributed by atoms with van der Waals surface area (Å²) in [5.41, 5.74) is 2.31. The van der Waals surface area contributed by atoms with Crippen molar-refractivity contribution in [2.75, 3.05) is 11.9 Å². The standard InChI is InChI=1S/C15H12ClFN4O/c1-8-11-5-9(7-18-14(11)20-19-8)15(22)21(2)10-3-4-13(17)12(16)6-10/h3-7H,1-2H3,(H,18,19,20). The van der Waals surface area contributed by atoms with Crippen LogP contribution in [0, 0.1) is 12.7 Å². The van der Waals surface area contributed by atoms with Gasteiger partial charge in [-0.25, -0.2) is 9.37 Å². The molecule has 0 saturated heterocycles. The molecule has 0 saturated carbocycles. The molecule has 3 rings (SSSR count). The maximum absolute atomic E-state index is 13.2. The molecule has 1 amide bonds. The second kappa shape index (κ2) is 5.38. The van der Waals surface area contributed by atoms with Crippen LogP contribution in [0.2, 0.25) is 5.02 Å². The summed E-state index contributed by atoms with van der Waals surface area (Å²) in [5, 5.41) is 7.60. The summed E-state index contributed by atoms with van der Waals surface area (Å²) in [6.45, 7) is 1.86. The molecule has 0 unspecified atom stereocenters. The summed E-state index contributed by atoms with van der Waals surface area (Å²) >= 11 is 5.76. The highest BCUT2D eigenvalue weighted by Gasteiger charge is 2.16. The Balaban J connectivity index is 1.96. The number of carbonyl (C=O) groups is 1. The highest BCUT2D eigenvalue weighted by molar-refractivity contribution is 6.31. The number of H-pyrrole nitrogens is 1. The van der Waals surface area contributed by atoms with E-state index in [1.165, 1.54) is 29.3 Å².